The maximum Gasteiger partial charge on any atom is 0.206 e. The molecule has 0 heterocycles. The topological polar surface area (TPSA) is 20.3 Å². The second-order valence-electron chi connectivity index (χ2n) is 3.24. The number of hydrogen-bond donors (Lipinski definition) is 0. The lowest BCUT2D eigenvalue weighted by Gasteiger charge is -2.18. The van der Waals surface area contributed by atoms with Crippen LogP contribution in [-0.4, -0.2) is 22.5 Å². The molecule has 0 fully saturated rings. The van der Waals surface area contributed by atoms with Crippen molar-refractivity contribution in [3.63, 3.8) is 0 Å². The maximum atomic E-state index is 11.5. The van der Waals surface area contributed by atoms with Crippen LogP contribution in [0, 0.1) is 5.92 Å². The van der Waals surface area contributed by atoms with Crippen LogP contribution in [0.25, 0.3) is 0 Å². The summed E-state index contributed by atoms with van der Waals surface area (Å²) in [7, 11) is 0. The SMILES string of the molecule is CCCN(CC)SC(=O)[C@@H](C)CC. The van der Waals surface area contributed by atoms with E-state index in [0.717, 1.165) is 25.9 Å². The van der Waals surface area contributed by atoms with Crippen LogP contribution in [0.4, 0.5) is 0 Å². The number of rotatable bonds is 6. The van der Waals surface area contributed by atoms with Gasteiger partial charge in [0.1, 0.15) is 0 Å². The molecule has 0 aliphatic heterocycles. The van der Waals surface area contributed by atoms with E-state index in [4.69, 9.17) is 0 Å². The van der Waals surface area contributed by atoms with Gasteiger partial charge in [0.15, 0.2) is 0 Å². The van der Waals surface area contributed by atoms with Crippen molar-refractivity contribution < 1.29 is 4.79 Å². The highest BCUT2D eigenvalue weighted by molar-refractivity contribution is 8.11. The second-order valence-corrected chi connectivity index (χ2v) is 4.34. The van der Waals surface area contributed by atoms with E-state index in [1.54, 1.807) is 0 Å². The molecule has 0 aliphatic rings. The standard InChI is InChI=1S/C10H21NOS/c1-5-8-11(7-3)13-10(12)9(4)6-2/h9H,5-8H2,1-4H3/t9-/m0/s1. The zero-order valence-electron chi connectivity index (χ0n) is 9.17. The Balaban J connectivity index is 3.85. The normalized spacial score (nSPS) is 13.3. The zero-order valence-corrected chi connectivity index (χ0v) is 9.99. The molecule has 78 valence electrons. The Bertz CT molecular complexity index is 150. The van der Waals surface area contributed by atoms with Gasteiger partial charge in [-0.05, 0) is 24.8 Å². The average molecular weight is 203 g/mol. The summed E-state index contributed by atoms with van der Waals surface area (Å²) < 4.78 is 2.13. The van der Waals surface area contributed by atoms with Crippen molar-refractivity contribution in [1.29, 1.82) is 0 Å². The summed E-state index contributed by atoms with van der Waals surface area (Å²) in [5.74, 6) is 0.191. The Labute approximate surface area is 86.2 Å². The Morgan fingerprint density at radius 3 is 2.38 bits per heavy atom. The summed E-state index contributed by atoms with van der Waals surface area (Å²) >= 11 is 1.40. The van der Waals surface area contributed by atoms with Gasteiger partial charge in [-0.1, -0.05) is 27.7 Å². The molecule has 0 aliphatic carbocycles. The molecule has 2 nitrogen and oxygen atoms in total. The third-order valence-electron chi connectivity index (χ3n) is 2.06. The van der Waals surface area contributed by atoms with Crippen molar-refractivity contribution in [1.82, 2.24) is 4.31 Å². The molecule has 0 aromatic carbocycles. The Morgan fingerprint density at radius 2 is 2.00 bits per heavy atom. The third kappa shape index (κ3) is 5.32. The van der Waals surface area contributed by atoms with E-state index in [9.17, 15) is 4.79 Å². The molecule has 0 saturated heterocycles. The fraction of sp³-hybridized carbons (Fsp3) is 0.900. The first-order valence-electron chi connectivity index (χ1n) is 5.12. The summed E-state index contributed by atoms with van der Waals surface area (Å²) in [5, 5.41) is 0.304. The van der Waals surface area contributed by atoms with E-state index < -0.39 is 0 Å². The summed E-state index contributed by atoms with van der Waals surface area (Å²) in [5.41, 5.74) is 0. The number of nitrogens with zero attached hydrogens (tertiary/aromatic N) is 1. The highest BCUT2D eigenvalue weighted by Crippen LogP contribution is 2.18. The molecule has 0 aromatic rings. The van der Waals surface area contributed by atoms with Crippen LogP contribution in [0.15, 0.2) is 0 Å². The van der Waals surface area contributed by atoms with E-state index in [-0.39, 0.29) is 5.92 Å². The predicted octanol–water partition coefficient (Wildman–Crippen LogP) is 2.94. The minimum absolute atomic E-state index is 0.191. The van der Waals surface area contributed by atoms with Crippen LogP contribution < -0.4 is 0 Å². The smallest absolute Gasteiger partial charge is 0.206 e. The monoisotopic (exact) mass is 203 g/mol. The zero-order chi connectivity index (χ0) is 10.3. The average Bonchev–Trinajstić information content (AvgIpc) is 2.15. The van der Waals surface area contributed by atoms with E-state index >= 15 is 0 Å². The van der Waals surface area contributed by atoms with Crippen molar-refractivity contribution in [3.05, 3.63) is 0 Å². The number of carbonyl (C=O) groups is 1. The Hall–Kier alpha value is -0.0200. The van der Waals surface area contributed by atoms with Gasteiger partial charge in [0.2, 0.25) is 5.12 Å². The van der Waals surface area contributed by atoms with Gasteiger partial charge in [-0.25, -0.2) is 4.31 Å². The van der Waals surface area contributed by atoms with Gasteiger partial charge in [-0.2, -0.15) is 0 Å². The van der Waals surface area contributed by atoms with Gasteiger partial charge in [0.05, 0.1) is 0 Å². The largest absolute Gasteiger partial charge is 0.286 e. The van der Waals surface area contributed by atoms with Crippen LogP contribution in [0.1, 0.15) is 40.5 Å². The molecule has 13 heavy (non-hydrogen) atoms. The number of carbonyl (C=O) groups excluding carboxylic acids is 1. The summed E-state index contributed by atoms with van der Waals surface area (Å²) in [4.78, 5) is 11.5. The van der Waals surface area contributed by atoms with Crippen LogP contribution in [0.3, 0.4) is 0 Å². The van der Waals surface area contributed by atoms with E-state index in [2.05, 4.69) is 25.1 Å². The molecule has 0 amide bonds. The van der Waals surface area contributed by atoms with Crippen LogP contribution in [-0.2, 0) is 4.79 Å². The lowest BCUT2D eigenvalue weighted by Crippen LogP contribution is -2.20. The minimum atomic E-state index is 0.191. The maximum absolute atomic E-state index is 11.5. The van der Waals surface area contributed by atoms with Crippen molar-refractivity contribution in [3.8, 4) is 0 Å². The second kappa shape index (κ2) is 7.39. The first-order chi connectivity index (χ1) is 6.15. The van der Waals surface area contributed by atoms with Crippen LogP contribution in [0.2, 0.25) is 0 Å². The van der Waals surface area contributed by atoms with Crippen molar-refractivity contribution in [2.24, 2.45) is 5.92 Å². The van der Waals surface area contributed by atoms with Gasteiger partial charge in [-0.15, -0.1) is 0 Å². The third-order valence-corrected chi connectivity index (χ3v) is 3.34. The van der Waals surface area contributed by atoms with Gasteiger partial charge in [-0.3, -0.25) is 4.79 Å². The predicted molar refractivity (Wildman–Crippen MR) is 59.6 cm³/mol. The Morgan fingerprint density at radius 1 is 1.38 bits per heavy atom. The van der Waals surface area contributed by atoms with Gasteiger partial charge in [0.25, 0.3) is 0 Å². The first kappa shape index (κ1) is 13.0. The molecule has 0 aromatic heterocycles. The van der Waals surface area contributed by atoms with Gasteiger partial charge < -0.3 is 0 Å². The summed E-state index contributed by atoms with van der Waals surface area (Å²) in [6, 6.07) is 0. The first-order valence-corrected chi connectivity index (χ1v) is 5.89. The quantitative estimate of drug-likeness (QED) is 0.619. The highest BCUT2D eigenvalue weighted by Gasteiger charge is 2.14. The van der Waals surface area contributed by atoms with E-state index in [1.165, 1.54) is 11.9 Å². The van der Waals surface area contributed by atoms with Crippen molar-refractivity contribution in [2.45, 2.75) is 40.5 Å². The van der Waals surface area contributed by atoms with Gasteiger partial charge >= 0.3 is 0 Å². The van der Waals surface area contributed by atoms with Crippen LogP contribution >= 0.6 is 11.9 Å². The van der Waals surface area contributed by atoms with Crippen molar-refractivity contribution >= 4 is 17.1 Å². The molecule has 0 bridgehead atoms. The number of hydrogen-bond acceptors (Lipinski definition) is 3. The van der Waals surface area contributed by atoms with Gasteiger partial charge in [0, 0.05) is 19.0 Å². The van der Waals surface area contributed by atoms with E-state index in [0.29, 0.717) is 5.12 Å². The summed E-state index contributed by atoms with van der Waals surface area (Å²) in [6.07, 6.45) is 2.05. The Kier molecular flexibility index (Phi) is 7.38. The molecular weight excluding hydrogens is 182 g/mol. The summed E-state index contributed by atoms with van der Waals surface area (Å²) in [6.45, 7) is 10.2. The van der Waals surface area contributed by atoms with Crippen molar-refractivity contribution in [2.75, 3.05) is 13.1 Å². The molecule has 3 heteroatoms. The molecule has 0 rings (SSSR count). The molecular formula is C10H21NOS. The molecule has 0 radical (unpaired) electrons. The van der Waals surface area contributed by atoms with E-state index in [1.807, 2.05) is 6.92 Å². The highest BCUT2D eigenvalue weighted by atomic mass is 32.2. The molecule has 0 saturated carbocycles. The molecule has 0 spiro atoms. The van der Waals surface area contributed by atoms with Crippen LogP contribution in [0.5, 0.6) is 0 Å². The minimum Gasteiger partial charge on any atom is -0.286 e. The molecule has 0 unspecified atom stereocenters. The fourth-order valence-electron chi connectivity index (χ4n) is 0.902. The lowest BCUT2D eigenvalue weighted by molar-refractivity contribution is -0.114. The molecule has 0 N–H and O–H groups in total. The molecule has 1 atom stereocenters. The fourth-order valence-corrected chi connectivity index (χ4v) is 1.91. The lowest BCUT2D eigenvalue weighted by atomic mass is 10.1.